The Labute approximate surface area is 118 Å². The van der Waals surface area contributed by atoms with Gasteiger partial charge in [-0.3, -0.25) is 4.79 Å². The minimum Gasteiger partial charge on any atom is -0.376 e. The summed E-state index contributed by atoms with van der Waals surface area (Å²) in [6.45, 7) is 5.34. The minimum absolute atomic E-state index is 0.125. The fourth-order valence-electron chi connectivity index (χ4n) is 1.54. The van der Waals surface area contributed by atoms with Crippen LogP contribution in [0.3, 0.4) is 0 Å². The molecule has 0 radical (unpaired) electrons. The normalized spacial score (nSPS) is 10.2. The number of hydrogen-bond acceptors (Lipinski definition) is 2. The number of nitrogens with zero attached hydrogens (tertiary/aromatic N) is 1. The zero-order chi connectivity index (χ0) is 13.5. The van der Waals surface area contributed by atoms with Gasteiger partial charge in [0.25, 0.3) is 0 Å². The molecule has 1 amide bonds. The van der Waals surface area contributed by atoms with Crippen LogP contribution < -0.4 is 5.32 Å². The third kappa shape index (κ3) is 4.69. The lowest BCUT2D eigenvalue weighted by Gasteiger charge is -2.17. The lowest BCUT2D eigenvalue weighted by molar-refractivity contribution is -0.128. The number of anilines is 1. The second-order valence-electron chi connectivity index (χ2n) is 4.49. The topological polar surface area (TPSA) is 32.3 Å². The molecule has 1 aromatic carbocycles. The molecule has 0 saturated heterocycles. The SMILES string of the molecule is CCCCN(C)C(=O)CNc1ccc(C)c(Br)c1. The van der Waals surface area contributed by atoms with Gasteiger partial charge in [-0.25, -0.2) is 0 Å². The van der Waals surface area contributed by atoms with Crippen LogP contribution in [0.1, 0.15) is 25.3 Å². The van der Waals surface area contributed by atoms with Gasteiger partial charge in [-0.05, 0) is 31.0 Å². The van der Waals surface area contributed by atoms with Crippen LogP contribution in [0.4, 0.5) is 5.69 Å². The van der Waals surface area contributed by atoms with Crippen molar-refractivity contribution in [1.82, 2.24) is 4.90 Å². The largest absolute Gasteiger partial charge is 0.376 e. The van der Waals surface area contributed by atoms with Gasteiger partial charge in [-0.2, -0.15) is 0 Å². The first-order valence-corrected chi connectivity index (χ1v) is 7.08. The number of hydrogen-bond donors (Lipinski definition) is 1. The summed E-state index contributed by atoms with van der Waals surface area (Å²) in [5.41, 5.74) is 2.15. The molecular formula is C14H21BrN2O. The van der Waals surface area contributed by atoms with Crippen molar-refractivity contribution in [3.8, 4) is 0 Å². The van der Waals surface area contributed by atoms with Gasteiger partial charge in [-0.1, -0.05) is 35.3 Å². The summed E-state index contributed by atoms with van der Waals surface area (Å²) in [5.74, 6) is 0.125. The molecule has 0 spiro atoms. The molecule has 18 heavy (non-hydrogen) atoms. The van der Waals surface area contributed by atoms with Gasteiger partial charge in [0, 0.05) is 23.8 Å². The molecule has 0 bridgehead atoms. The molecule has 100 valence electrons. The minimum atomic E-state index is 0.125. The van der Waals surface area contributed by atoms with E-state index in [0.717, 1.165) is 29.5 Å². The van der Waals surface area contributed by atoms with Gasteiger partial charge in [0.2, 0.25) is 5.91 Å². The van der Waals surface area contributed by atoms with Gasteiger partial charge in [0.1, 0.15) is 0 Å². The molecule has 1 aromatic rings. The number of amides is 1. The van der Waals surface area contributed by atoms with E-state index in [-0.39, 0.29) is 5.91 Å². The first-order valence-electron chi connectivity index (χ1n) is 6.28. The summed E-state index contributed by atoms with van der Waals surface area (Å²) in [5, 5.41) is 3.15. The molecule has 0 heterocycles. The molecule has 0 saturated carbocycles. The van der Waals surface area contributed by atoms with Crippen molar-refractivity contribution in [3.63, 3.8) is 0 Å². The van der Waals surface area contributed by atoms with Gasteiger partial charge in [0.15, 0.2) is 0 Å². The second-order valence-corrected chi connectivity index (χ2v) is 5.34. The number of likely N-dealkylation sites (N-methyl/N-ethyl adjacent to an activating group) is 1. The number of carbonyl (C=O) groups is 1. The van der Waals surface area contributed by atoms with E-state index in [1.54, 1.807) is 4.90 Å². The Hall–Kier alpha value is -1.03. The zero-order valence-corrected chi connectivity index (χ0v) is 12.9. The predicted molar refractivity (Wildman–Crippen MR) is 79.9 cm³/mol. The molecule has 3 nitrogen and oxygen atoms in total. The number of nitrogens with one attached hydrogen (secondary N) is 1. The van der Waals surface area contributed by atoms with E-state index < -0.39 is 0 Å². The molecule has 0 aromatic heterocycles. The van der Waals surface area contributed by atoms with Crippen molar-refractivity contribution in [2.24, 2.45) is 0 Å². The monoisotopic (exact) mass is 312 g/mol. The van der Waals surface area contributed by atoms with E-state index in [2.05, 4.69) is 28.2 Å². The summed E-state index contributed by atoms with van der Waals surface area (Å²) >= 11 is 3.48. The van der Waals surface area contributed by atoms with E-state index in [0.29, 0.717) is 6.54 Å². The third-order valence-electron chi connectivity index (χ3n) is 2.89. The van der Waals surface area contributed by atoms with E-state index in [1.165, 1.54) is 5.56 Å². The molecule has 1 N–H and O–H groups in total. The Morgan fingerprint density at radius 3 is 2.78 bits per heavy atom. The van der Waals surface area contributed by atoms with Crippen LogP contribution in [0, 0.1) is 6.92 Å². The highest BCUT2D eigenvalue weighted by Crippen LogP contribution is 2.20. The first kappa shape index (κ1) is 15.0. The number of rotatable bonds is 6. The van der Waals surface area contributed by atoms with Crippen LogP contribution >= 0.6 is 15.9 Å². The van der Waals surface area contributed by atoms with Gasteiger partial charge in [0.05, 0.1) is 6.54 Å². The summed E-state index contributed by atoms with van der Waals surface area (Å²) < 4.78 is 1.05. The van der Waals surface area contributed by atoms with Crippen LogP contribution in [0.5, 0.6) is 0 Å². The molecule has 4 heteroatoms. The summed E-state index contributed by atoms with van der Waals surface area (Å²) in [7, 11) is 1.85. The standard InChI is InChI=1S/C14H21BrN2O/c1-4-5-8-17(3)14(18)10-16-12-7-6-11(2)13(15)9-12/h6-7,9,16H,4-5,8,10H2,1-3H3. The Bertz CT molecular complexity index is 407. The van der Waals surface area contributed by atoms with Gasteiger partial charge < -0.3 is 10.2 Å². The Kier molecular flexibility index (Phi) is 6.19. The Morgan fingerprint density at radius 1 is 1.44 bits per heavy atom. The lowest BCUT2D eigenvalue weighted by Crippen LogP contribution is -2.32. The summed E-state index contributed by atoms with van der Waals surface area (Å²) in [6, 6.07) is 6.01. The number of benzene rings is 1. The number of carbonyl (C=O) groups excluding carboxylic acids is 1. The maximum atomic E-state index is 11.8. The van der Waals surface area contributed by atoms with Gasteiger partial charge >= 0.3 is 0 Å². The van der Waals surface area contributed by atoms with E-state index in [9.17, 15) is 4.79 Å². The van der Waals surface area contributed by atoms with E-state index in [4.69, 9.17) is 0 Å². The zero-order valence-electron chi connectivity index (χ0n) is 11.3. The number of unbranched alkanes of at least 4 members (excludes halogenated alkanes) is 1. The highest BCUT2D eigenvalue weighted by Gasteiger charge is 2.07. The predicted octanol–water partition coefficient (Wildman–Crippen LogP) is 3.43. The van der Waals surface area contributed by atoms with Crippen molar-refractivity contribution in [2.45, 2.75) is 26.7 Å². The van der Waals surface area contributed by atoms with Crippen molar-refractivity contribution in [1.29, 1.82) is 0 Å². The fourth-order valence-corrected chi connectivity index (χ4v) is 1.91. The maximum Gasteiger partial charge on any atom is 0.241 e. The summed E-state index contributed by atoms with van der Waals surface area (Å²) in [4.78, 5) is 13.6. The number of halogens is 1. The molecule has 0 aliphatic carbocycles. The molecule has 0 aliphatic heterocycles. The van der Waals surface area contributed by atoms with E-state index >= 15 is 0 Å². The molecule has 1 rings (SSSR count). The lowest BCUT2D eigenvalue weighted by atomic mass is 10.2. The van der Waals surface area contributed by atoms with Crippen LogP contribution in [0.2, 0.25) is 0 Å². The van der Waals surface area contributed by atoms with Crippen LogP contribution in [0.15, 0.2) is 22.7 Å². The Balaban J connectivity index is 2.44. The van der Waals surface area contributed by atoms with E-state index in [1.807, 2.05) is 32.2 Å². The highest BCUT2D eigenvalue weighted by atomic mass is 79.9. The molecular weight excluding hydrogens is 292 g/mol. The van der Waals surface area contributed by atoms with Crippen molar-refractivity contribution in [3.05, 3.63) is 28.2 Å². The molecule has 0 aliphatic rings. The molecule has 0 atom stereocenters. The third-order valence-corrected chi connectivity index (χ3v) is 3.74. The second kappa shape index (κ2) is 7.41. The van der Waals surface area contributed by atoms with Crippen LogP contribution in [-0.2, 0) is 4.79 Å². The van der Waals surface area contributed by atoms with Gasteiger partial charge in [-0.15, -0.1) is 0 Å². The summed E-state index contributed by atoms with van der Waals surface area (Å²) in [6.07, 6.45) is 2.16. The quantitative estimate of drug-likeness (QED) is 0.873. The van der Waals surface area contributed by atoms with Crippen LogP contribution in [-0.4, -0.2) is 30.9 Å². The molecule has 0 fully saturated rings. The highest BCUT2D eigenvalue weighted by molar-refractivity contribution is 9.10. The maximum absolute atomic E-state index is 11.8. The van der Waals surface area contributed by atoms with Crippen molar-refractivity contribution in [2.75, 3.05) is 25.5 Å². The number of aryl methyl sites for hydroxylation is 1. The Morgan fingerprint density at radius 2 is 2.17 bits per heavy atom. The van der Waals surface area contributed by atoms with Crippen molar-refractivity contribution >= 4 is 27.5 Å². The molecule has 0 unspecified atom stereocenters. The smallest absolute Gasteiger partial charge is 0.241 e. The fraction of sp³-hybridized carbons (Fsp3) is 0.500. The van der Waals surface area contributed by atoms with Crippen LogP contribution in [0.25, 0.3) is 0 Å². The first-order chi connectivity index (χ1) is 8.54. The van der Waals surface area contributed by atoms with Crippen molar-refractivity contribution < 1.29 is 4.79 Å². The average molecular weight is 313 g/mol. The average Bonchev–Trinajstić information content (AvgIpc) is 2.36.